The summed E-state index contributed by atoms with van der Waals surface area (Å²) in [6.07, 6.45) is 7.20. The summed E-state index contributed by atoms with van der Waals surface area (Å²) < 4.78 is 3.08. The molecule has 0 spiro atoms. The molecule has 3 heterocycles. The molecule has 2 aliphatic rings. The van der Waals surface area contributed by atoms with E-state index in [1.807, 2.05) is 18.2 Å². The number of carbonyl (C=O) groups is 3. The van der Waals surface area contributed by atoms with Crippen molar-refractivity contribution in [1.82, 2.24) is 19.8 Å². The first-order chi connectivity index (χ1) is 14.9. The Bertz CT molecular complexity index is 1060. The summed E-state index contributed by atoms with van der Waals surface area (Å²) in [7, 11) is 1.71. The highest BCUT2D eigenvalue weighted by atomic mass is 16.2. The maximum absolute atomic E-state index is 12.9. The molecule has 2 fully saturated rings. The number of imide groups is 1. The van der Waals surface area contributed by atoms with Crippen LogP contribution in [0.15, 0.2) is 23.0 Å². The Morgan fingerprint density at radius 1 is 1.16 bits per heavy atom. The zero-order chi connectivity index (χ0) is 22.0. The first kappa shape index (κ1) is 21.5. The molecule has 1 aromatic heterocycles. The summed E-state index contributed by atoms with van der Waals surface area (Å²) in [4.78, 5) is 47.9. The van der Waals surface area contributed by atoms with Gasteiger partial charge in [0.15, 0.2) is 0 Å². The lowest BCUT2D eigenvalue weighted by molar-refractivity contribution is -0.135. The van der Waals surface area contributed by atoms with Gasteiger partial charge >= 0.3 is 5.69 Å². The Balaban J connectivity index is 1.53. The third-order valence-corrected chi connectivity index (χ3v) is 7.03. The van der Waals surface area contributed by atoms with Gasteiger partial charge in [-0.3, -0.25) is 24.0 Å². The topological polar surface area (TPSA) is 102 Å². The fourth-order valence-electron chi connectivity index (χ4n) is 5.15. The number of amides is 2. The van der Waals surface area contributed by atoms with Crippen molar-refractivity contribution < 1.29 is 14.4 Å². The van der Waals surface area contributed by atoms with Crippen LogP contribution in [-0.2, 0) is 27.9 Å². The molecule has 2 aliphatic heterocycles. The monoisotopic (exact) mass is 426 g/mol. The summed E-state index contributed by atoms with van der Waals surface area (Å²) in [5.74, 6) is -0.713. The number of imidazole rings is 1. The molecule has 31 heavy (non-hydrogen) atoms. The quantitative estimate of drug-likeness (QED) is 0.517. The molecule has 2 amide bonds. The molecule has 0 saturated carbocycles. The second-order valence-corrected chi connectivity index (χ2v) is 8.98. The van der Waals surface area contributed by atoms with Crippen molar-refractivity contribution >= 4 is 29.1 Å². The van der Waals surface area contributed by atoms with Gasteiger partial charge in [0.2, 0.25) is 11.8 Å². The van der Waals surface area contributed by atoms with Crippen molar-refractivity contribution in [1.29, 1.82) is 0 Å². The second-order valence-electron chi connectivity index (χ2n) is 8.98. The number of aromatic nitrogens is 2. The van der Waals surface area contributed by atoms with Crippen LogP contribution < -0.4 is 16.3 Å². The predicted octanol–water partition coefficient (Wildman–Crippen LogP) is 1.60. The SMILES string of the molecule is Cn1c(=O)n(C2CCC(=O)NC2=O)c2ccc(CCCC3(CC=O)CCNCC3)cc21. The number of carbonyl (C=O) groups excluding carboxylic acids is 3. The van der Waals surface area contributed by atoms with Crippen molar-refractivity contribution in [3.05, 3.63) is 34.2 Å². The van der Waals surface area contributed by atoms with Crippen LogP contribution in [0.25, 0.3) is 11.0 Å². The fraction of sp³-hybridized carbons (Fsp3) is 0.565. The molecule has 1 aromatic carbocycles. The van der Waals surface area contributed by atoms with Gasteiger partial charge in [0, 0.05) is 19.9 Å². The molecule has 1 unspecified atom stereocenters. The van der Waals surface area contributed by atoms with Gasteiger partial charge in [0.25, 0.3) is 0 Å². The minimum Gasteiger partial charge on any atom is -0.317 e. The lowest BCUT2D eigenvalue weighted by Crippen LogP contribution is -2.44. The van der Waals surface area contributed by atoms with Crippen molar-refractivity contribution in [3.63, 3.8) is 0 Å². The van der Waals surface area contributed by atoms with E-state index < -0.39 is 11.9 Å². The van der Waals surface area contributed by atoms with Crippen LogP contribution >= 0.6 is 0 Å². The van der Waals surface area contributed by atoms with Gasteiger partial charge in [-0.1, -0.05) is 6.07 Å². The van der Waals surface area contributed by atoms with Gasteiger partial charge in [-0.2, -0.15) is 0 Å². The molecule has 0 bridgehead atoms. The van der Waals surface area contributed by atoms with E-state index in [-0.39, 0.29) is 23.4 Å². The average molecular weight is 427 g/mol. The van der Waals surface area contributed by atoms with Crippen LogP contribution in [0.4, 0.5) is 0 Å². The molecule has 0 aliphatic carbocycles. The Labute approximate surface area is 181 Å². The number of nitrogens with one attached hydrogen (secondary N) is 2. The summed E-state index contributed by atoms with van der Waals surface area (Å²) >= 11 is 0. The lowest BCUT2D eigenvalue weighted by Gasteiger charge is -2.36. The number of aldehydes is 1. The van der Waals surface area contributed by atoms with E-state index in [1.54, 1.807) is 11.6 Å². The lowest BCUT2D eigenvalue weighted by atomic mass is 9.73. The maximum Gasteiger partial charge on any atom is 0.329 e. The number of nitrogens with zero attached hydrogens (tertiary/aromatic N) is 2. The van der Waals surface area contributed by atoms with Crippen LogP contribution in [0.5, 0.6) is 0 Å². The van der Waals surface area contributed by atoms with E-state index in [4.69, 9.17) is 0 Å². The Hall–Kier alpha value is -2.74. The van der Waals surface area contributed by atoms with Gasteiger partial charge < -0.3 is 10.1 Å². The number of fused-ring (bicyclic) bond motifs is 1. The second kappa shape index (κ2) is 8.78. The van der Waals surface area contributed by atoms with Gasteiger partial charge in [0.1, 0.15) is 12.3 Å². The van der Waals surface area contributed by atoms with Gasteiger partial charge in [-0.05, 0) is 74.7 Å². The van der Waals surface area contributed by atoms with Gasteiger partial charge in [-0.25, -0.2) is 4.79 Å². The number of piperidine rings is 2. The Kier molecular flexibility index (Phi) is 6.09. The molecule has 2 aromatic rings. The van der Waals surface area contributed by atoms with Gasteiger partial charge in [0.05, 0.1) is 11.0 Å². The normalized spacial score (nSPS) is 21.3. The minimum absolute atomic E-state index is 0.110. The first-order valence-electron chi connectivity index (χ1n) is 11.1. The molecule has 2 N–H and O–H groups in total. The summed E-state index contributed by atoms with van der Waals surface area (Å²) in [6.45, 7) is 1.94. The van der Waals surface area contributed by atoms with Gasteiger partial charge in [-0.15, -0.1) is 0 Å². The molecule has 8 heteroatoms. The molecule has 1 atom stereocenters. The molecule has 2 saturated heterocycles. The van der Waals surface area contributed by atoms with Crippen LogP contribution in [0, 0.1) is 5.41 Å². The number of benzene rings is 1. The van der Waals surface area contributed by atoms with Crippen molar-refractivity contribution in [2.75, 3.05) is 13.1 Å². The predicted molar refractivity (Wildman–Crippen MR) is 117 cm³/mol. The van der Waals surface area contributed by atoms with Crippen molar-refractivity contribution in [2.24, 2.45) is 12.5 Å². The summed E-state index contributed by atoms with van der Waals surface area (Å²) in [5.41, 5.74) is 2.50. The zero-order valence-electron chi connectivity index (χ0n) is 18.0. The highest BCUT2D eigenvalue weighted by Gasteiger charge is 2.32. The first-order valence-corrected chi connectivity index (χ1v) is 11.1. The highest BCUT2D eigenvalue weighted by molar-refractivity contribution is 6.00. The molecule has 166 valence electrons. The number of hydrogen-bond acceptors (Lipinski definition) is 5. The smallest absolute Gasteiger partial charge is 0.317 e. The summed E-state index contributed by atoms with van der Waals surface area (Å²) in [6, 6.07) is 5.27. The van der Waals surface area contributed by atoms with E-state index >= 15 is 0 Å². The van der Waals surface area contributed by atoms with E-state index in [9.17, 15) is 19.2 Å². The third kappa shape index (κ3) is 4.21. The molecular formula is C23H30N4O4. The molecule has 8 nitrogen and oxygen atoms in total. The zero-order valence-corrected chi connectivity index (χ0v) is 18.0. The Morgan fingerprint density at radius 2 is 1.94 bits per heavy atom. The van der Waals surface area contributed by atoms with Crippen LogP contribution in [-0.4, -0.2) is 40.3 Å². The average Bonchev–Trinajstić information content (AvgIpc) is 2.99. The highest BCUT2D eigenvalue weighted by Crippen LogP contribution is 2.37. The number of hydrogen-bond donors (Lipinski definition) is 2. The largest absolute Gasteiger partial charge is 0.329 e. The minimum atomic E-state index is -0.664. The molecule has 4 rings (SSSR count). The van der Waals surface area contributed by atoms with E-state index in [0.29, 0.717) is 18.4 Å². The van der Waals surface area contributed by atoms with Crippen LogP contribution in [0.1, 0.15) is 56.6 Å². The van der Waals surface area contributed by atoms with Crippen molar-refractivity contribution in [2.45, 2.75) is 57.4 Å². The van der Waals surface area contributed by atoms with E-state index in [1.165, 1.54) is 4.57 Å². The summed E-state index contributed by atoms with van der Waals surface area (Å²) in [5, 5.41) is 5.71. The molecular weight excluding hydrogens is 396 g/mol. The van der Waals surface area contributed by atoms with Crippen LogP contribution in [0.2, 0.25) is 0 Å². The third-order valence-electron chi connectivity index (χ3n) is 7.03. The number of aryl methyl sites for hydroxylation is 2. The number of rotatable bonds is 7. The van der Waals surface area contributed by atoms with E-state index in [0.717, 1.165) is 62.6 Å². The molecule has 0 radical (unpaired) electrons. The maximum atomic E-state index is 12.9. The standard InChI is InChI=1S/C23H30N4O4/c1-26-19-15-16(3-2-8-23(11-14-28)9-12-24-13-10-23)4-5-17(19)27(22(26)31)18-6-7-20(29)25-21(18)30/h4-5,14-15,18,24H,2-3,6-13H2,1H3,(H,25,29,30). The Morgan fingerprint density at radius 3 is 2.65 bits per heavy atom. The van der Waals surface area contributed by atoms with Crippen molar-refractivity contribution in [3.8, 4) is 0 Å². The van der Waals surface area contributed by atoms with Crippen LogP contribution in [0.3, 0.4) is 0 Å². The van der Waals surface area contributed by atoms with E-state index in [2.05, 4.69) is 10.6 Å². The fourth-order valence-corrected chi connectivity index (χ4v) is 5.15.